The fourth-order valence-electron chi connectivity index (χ4n) is 2.13. The molecule has 7 heteroatoms. The monoisotopic (exact) mass is 394 g/mol. The molecule has 124 valence electrons. The Kier molecular flexibility index (Phi) is 7.31. The summed E-state index contributed by atoms with van der Waals surface area (Å²) >= 11 is -0.556. The molecule has 0 amide bonds. The van der Waals surface area contributed by atoms with E-state index in [-0.39, 0.29) is 5.41 Å². The minimum atomic E-state index is -0.556. The van der Waals surface area contributed by atoms with Crippen molar-refractivity contribution in [3.63, 3.8) is 0 Å². The molecule has 0 fully saturated rings. The van der Waals surface area contributed by atoms with Crippen molar-refractivity contribution in [2.75, 3.05) is 0 Å². The second-order valence-electron chi connectivity index (χ2n) is 5.53. The summed E-state index contributed by atoms with van der Waals surface area (Å²) in [5.41, 5.74) is 1.16. The fraction of sp³-hybridized carbons (Fsp3) is 0.176. The summed E-state index contributed by atoms with van der Waals surface area (Å²) in [7, 11) is 9.78. The van der Waals surface area contributed by atoms with Crippen LogP contribution in [0.25, 0.3) is 16.5 Å². The van der Waals surface area contributed by atoms with Crippen molar-refractivity contribution in [2.45, 2.75) is 13.8 Å². The van der Waals surface area contributed by atoms with E-state index in [0.717, 1.165) is 5.69 Å². The first-order valence-electron chi connectivity index (χ1n) is 7.19. The first-order valence-corrected chi connectivity index (χ1v) is 11.5. The van der Waals surface area contributed by atoms with E-state index in [9.17, 15) is 0 Å². The quantitative estimate of drug-likeness (QED) is 0.437. The zero-order chi connectivity index (χ0) is 17.4. The molecule has 0 spiro atoms. The van der Waals surface area contributed by atoms with Gasteiger partial charge in [-0.15, -0.1) is 51.3 Å². The predicted molar refractivity (Wildman–Crippen MR) is 94.7 cm³/mol. The number of hydrogen-bond acceptors (Lipinski definition) is 3. The number of tetrazole rings is 1. The zero-order valence-corrected chi connectivity index (χ0v) is 16.4. The van der Waals surface area contributed by atoms with Gasteiger partial charge in [0, 0.05) is 0 Å². The van der Waals surface area contributed by atoms with E-state index >= 15 is 0 Å². The van der Waals surface area contributed by atoms with Crippen molar-refractivity contribution in [2.24, 2.45) is 5.41 Å². The van der Waals surface area contributed by atoms with E-state index in [2.05, 4.69) is 53.5 Å². The topological polar surface area (TPSA) is 43.6 Å². The van der Waals surface area contributed by atoms with Crippen LogP contribution in [0.1, 0.15) is 13.8 Å². The first kappa shape index (κ1) is 19.0. The number of nitrogens with zero attached hydrogens (tertiary/aromatic N) is 4. The standard InChI is InChI=1S/C10H7N4.C7H9.2ClH.Ti/c1-2-4-9-6-10(5-8(9)3-1)14-12-7-11-13-14;1-7(2)5-3-4-6-7;;;/h1-7H;3-5H,1-2H3;2*1H;/q2*-1;;;+2/p-2. The minimum Gasteiger partial charge on any atom is -0.151 e. The van der Waals surface area contributed by atoms with Gasteiger partial charge in [-0.05, 0) is 10.9 Å². The summed E-state index contributed by atoms with van der Waals surface area (Å²) in [6, 6.07) is 12.2. The molecule has 0 aliphatic heterocycles. The summed E-state index contributed by atoms with van der Waals surface area (Å²) in [6.45, 7) is 4.26. The maximum Gasteiger partial charge on any atom is 0.162 e. The van der Waals surface area contributed by atoms with Gasteiger partial charge in [0.1, 0.15) is 0 Å². The van der Waals surface area contributed by atoms with Gasteiger partial charge >= 0.3 is 35.6 Å². The Morgan fingerprint density at radius 3 is 2.50 bits per heavy atom. The van der Waals surface area contributed by atoms with Gasteiger partial charge < -0.3 is 0 Å². The van der Waals surface area contributed by atoms with Gasteiger partial charge in [-0.2, -0.15) is 10.9 Å². The van der Waals surface area contributed by atoms with Crippen molar-refractivity contribution in [1.82, 2.24) is 20.2 Å². The molecule has 1 heterocycles. The van der Waals surface area contributed by atoms with Crippen molar-refractivity contribution in [1.29, 1.82) is 0 Å². The van der Waals surface area contributed by atoms with E-state index in [1.165, 1.54) is 21.9 Å². The Morgan fingerprint density at radius 1 is 1.25 bits per heavy atom. The molecule has 0 saturated carbocycles. The van der Waals surface area contributed by atoms with Gasteiger partial charge in [0.15, 0.2) is 6.33 Å². The molecule has 4 rings (SSSR count). The molecule has 3 aromatic rings. The van der Waals surface area contributed by atoms with Gasteiger partial charge in [0.25, 0.3) is 0 Å². The van der Waals surface area contributed by atoms with E-state index in [4.69, 9.17) is 18.6 Å². The van der Waals surface area contributed by atoms with Crippen LogP contribution in [0.3, 0.4) is 0 Å². The number of halogens is 2. The van der Waals surface area contributed by atoms with E-state index < -0.39 is 17.0 Å². The van der Waals surface area contributed by atoms with Crippen LogP contribution < -0.4 is 0 Å². The van der Waals surface area contributed by atoms with Crippen LogP contribution in [0.4, 0.5) is 0 Å². The average Bonchev–Trinajstić information content (AvgIpc) is 3.27. The number of benzene rings is 1. The van der Waals surface area contributed by atoms with Crippen LogP contribution in [0.2, 0.25) is 0 Å². The molecule has 0 N–H and O–H groups in total. The summed E-state index contributed by atoms with van der Waals surface area (Å²) in [5, 5.41) is 13.9. The molecular weight excluding hydrogens is 379 g/mol. The van der Waals surface area contributed by atoms with Gasteiger partial charge in [-0.3, -0.25) is 6.08 Å². The minimum absolute atomic E-state index is 0.208. The summed E-state index contributed by atoms with van der Waals surface area (Å²) in [6.07, 6.45) is 10.7. The smallest absolute Gasteiger partial charge is 0.151 e. The Labute approximate surface area is 158 Å². The predicted octanol–water partition coefficient (Wildman–Crippen LogP) is 4.85. The normalized spacial score (nSPS) is 13.8. The average molecular weight is 395 g/mol. The van der Waals surface area contributed by atoms with E-state index in [1.54, 1.807) is 0 Å². The third-order valence-corrected chi connectivity index (χ3v) is 3.25. The second-order valence-corrected chi connectivity index (χ2v) is 8.11. The number of fused-ring (bicyclic) bond motifs is 1. The molecule has 1 aliphatic carbocycles. The van der Waals surface area contributed by atoms with Gasteiger partial charge in [-0.1, -0.05) is 25.3 Å². The summed E-state index contributed by atoms with van der Waals surface area (Å²) in [5.74, 6) is 0. The van der Waals surface area contributed by atoms with Crippen molar-refractivity contribution < 1.29 is 17.0 Å². The van der Waals surface area contributed by atoms with Crippen molar-refractivity contribution in [3.05, 3.63) is 67.0 Å². The third kappa shape index (κ3) is 5.64. The molecule has 0 unspecified atom stereocenters. The van der Waals surface area contributed by atoms with Crippen LogP contribution in [0.15, 0.2) is 61.0 Å². The molecular formula is C17H16Cl2N4Ti-2. The maximum atomic E-state index is 4.89. The number of allylic oxidation sites excluding steroid dienone is 4. The van der Waals surface area contributed by atoms with Crippen LogP contribution in [-0.4, -0.2) is 20.2 Å². The Hall–Kier alpha value is -1.33. The molecule has 2 aromatic carbocycles. The fourth-order valence-corrected chi connectivity index (χ4v) is 2.13. The van der Waals surface area contributed by atoms with Gasteiger partial charge in [-0.25, -0.2) is 12.2 Å². The van der Waals surface area contributed by atoms with E-state index in [0.29, 0.717) is 0 Å². The first-order chi connectivity index (χ1) is 11.6. The molecule has 0 radical (unpaired) electrons. The van der Waals surface area contributed by atoms with Crippen LogP contribution in [0.5, 0.6) is 0 Å². The summed E-state index contributed by atoms with van der Waals surface area (Å²) in [4.78, 5) is 1.51. The number of aromatic nitrogens is 4. The third-order valence-electron chi connectivity index (χ3n) is 3.25. The number of rotatable bonds is 1. The maximum absolute atomic E-state index is 4.89. The molecule has 0 atom stereocenters. The summed E-state index contributed by atoms with van der Waals surface area (Å²) < 4.78 is 0. The van der Waals surface area contributed by atoms with Gasteiger partial charge in [0.05, 0.1) is 0 Å². The largest absolute Gasteiger partial charge is 0.162 e. The van der Waals surface area contributed by atoms with Crippen molar-refractivity contribution >= 4 is 29.4 Å². The van der Waals surface area contributed by atoms with Crippen LogP contribution in [0, 0.1) is 11.5 Å². The molecule has 24 heavy (non-hydrogen) atoms. The molecule has 0 saturated heterocycles. The van der Waals surface area contributed by atoms with Crippen LogP contribution in [-0.2, 0) is 17.0 Å². The van der Waals surface area contributed by atoms with E-state index in [1.807, 2.05) is 36.4 Å². The SMILES string of the molecule is CC1(C)[C-]=CC=C1.[Cl][Ti][Cl].c1ccc2[cH-]c(-n3ncnn3)cc2c1. The van der Waals surface area contributed by atoms with Gasteiger partial charge in [0.2, 0.25) is 0 Å². The zero-order valence-electron chi connectivity index (χ0n) is 13.3. The van der Waals surface area contributed by atoms with Crippen molar-refractivity contribution in [3.8, 4) is 5.69 Å². The molecule has 0 bridgehead atoms. The number of hydrogen-bond donors (Lipinski definition) is 0. The molecule has 4 nitrogen and oxygen atoms in total. The Bertz CT molecular complexity index is 760. The Balaban J connectivity index is 0.000000176. The second kappa shape index (κ2) is 9.23. The molecule has 1 aromatic heterocycles. The van der Waals surface area contributed by atoms with Crippen LogP contribution >= 0.6 is 18.6 Å². The Morgan fingerprint density at radius 2 is 2.00 bits per heavy atom. The molecule has 1 aliphatic rings.